The summed E-state index contributed by atoms with van der Waals surface area (Å²) in [6.07, 6.45) is 8.19. The maximum atomic E-state index is 13.1. The summed E-state index contributed by atoms with van der Waals surface area (Å²) >= 11 is 0. The number of benzene rings is 1. The number of pyridine rings is 1. The second-order valence-corrected chi connectivity index (χ2v) is 7.85. The molecule has 28 heavy (non-hydrogen) atoms. The van der Waals surface area contributed by atoms with E-state index in [0.717, 1.165) is 49.8 Å². The van der Waals surface area contributed by atoms with Crippen molar-refractivity contribution >= 4 is 5.91 Å². The van der Waals surface area contributed by atoms with Crippen molar-refractivity contribution in [1.82, 2.24) is 10.3 Å². The van der Waals surface area contributed by atoms with E-state index in [2.05, 4.69) is 40.6 Å². The Morgan fingerprint density at radius 3 is 2.61 bits per heavy atom. The fourth-order valence-electron chi connectivity index (χ4n) is 4.18. The third-order valence-corrected chi connectivity index (χ3v) is 5.94. The van der Waals surface area contributed by atoms with Crippen molar-refractivity contribution in [2.24, 2.45) is 5.41 Å². The number of aromatic nitrogens is 1. The Balaban J connectivity index is 1.45. The van der Waals surface area contributed by atoms with Gasteiger partial charge in [-0.1, -0.05) is 30.3 Å². The minimum absolute atomic E-state index is 0.141. The lowest BCUT2D eigenvalue weighted by Gasteiger charge is -2.36. The van der Waals surface area contributed by atoms with Crippen molar-refractivity contribution in [2.75, 3.05) is 26.4 Å². The van der Waals surface area contributed by atoms with E-state index < -0.39 is 5.41 Å². The van der Waals surface area contributed by atoms with Crippen molar-refractivity contribution in [2.45, 2.75) is 38.2 Å². The SMILES string of the molecule is O=C(NC[C@@H]1CCCO1)C1(Cc2ccc(-c3cccnc3)cc2)CCOCC1. The van der Waals surface area contributed by atoms with Gasteiger partial charge < -0.3 is 14.8 Å². The minimum Gasteiger partial charge on any atom is -0.381 e. The Kier molecular flexibility index (Phi) is 6.03. The van der Waals surface area contributed by atoms with Crippen LogP contribution in [0.4, 0.5) is 0 Å². The van der Waals surface area contributed by atoms with Crippen LogP contribution < -0.4 is 5.32 Å². The van der Waals surface area contributed by atoms with Crippen molar-refractivity contribution in [3.63, 3.8) is 0 Å². The lowest BCUT2D eigenvalue weighted by molar-refractivity contribution is -0.137. The minimum atomic E-state index is -0.396. The zero-order chi connectivity index (χ0) is 19.2. The number of hydrogen-bond donors (Lipinski definition) is 1. The number of hydrogen-bond acceptors (Lipinski definition) is 4. The van der Waals surface area contributed by atoms with Crippen LogP contribution in [0.2, 0.25) is 0 Å². The summed E-state index contributed by atoms with van der Waals surface area (Å²) < 4.78 is 11.2. The molecule has 2 fully saturated rings. The first-order chi connectivity index (χ1) is 13.8. The van der Waals surface area contributed by atoms with E-state index in [4.69, 9.17) is 9.47 Å². The molecule has 0 unspecified atom stereocenters. The van der Waals surface area contributed by atoms with E-state index in [9.17, 15) is 4.79 Å². The molecular formula is C23H28N2O3. The molecule has 4 rings (SSSR count). The van der Waals surface area contributed by atoms with Crippen LogP contribution >= 0.6 is 0 Å². The van der Waals surface area contributed by atoms with Gasteiger partial charge in [0.25, 0.3) is 0 Å². The second kappa shape index (κ2) is 8.84. The summed E-state index contributed by atoms with van der Waals surface area (Å²) in [4.78, 5) is 17.3. The monoisotopic (exact) mass is 380 g/mol. The van der Waals surface area contributed by atoms with Crippen LogP contribution in [0.15, 0.2) is 48.8 Å². The molecule has 5 nitrogen and oxygen atoms in total. The zero-order valence-corrected chi connectivity index (χ0v) is 16.2. The summed E-state index contributed by atoms with van der Waals surface area (Å²) in [6.45, 7) is 2.70. The molecular weight excluding hydrogens is 352 g/mol. The van der Waals surface area contributed by atoms with E-state index in [1.807, 2.05) is 12.3 Å². The van der Waals surface area contributed by atoms with Crippen molar-refractivity contribution in [3.05, 3.63) is 54.4 Å². The lowest BCUT2D eigenvalue weighted by atomic mass is 9.74. The first-order valence-electron chi connectivity index (χ1n) is 10.2. The molecule has 1 amide bonds. The maximum absolute atomic E-state index is 13.1. The third-order valence-electron chi connectivity index (χ3n) is 5.94. The van der Waals surface area contributed by atoms with Crippen LogP contribution in [-0.4, -0.2) is 43.4 Å². The third kappa shape index (κ3) is 4.42. The Labute approximate surface area is 166 Å². The smallest absolute Gasteiger partial charge is 0.226 e. The molecule has 1 atom stereocenters. The van der Waals surface area contributed by atoms with Gasteiger partial charge in [-0.05, 0) is 54.9 Å². The van der Waals surface area contributed by atoms with E-state index in [1.165, 1.54) is 5.56 Å². The molecule has 5 heteroatoms. The first kappa shape index (κ1) is 19.1. The van der Waals surface area contributed by atoms with E-state index in [0.29, 0.717) is 19.8 Å². The average Bonchev–Trinajstić information content (AvgIpc) is 3.27. The predicted octanol–water partition coefficient (Wildman–Crippen LogP) is 3.38. The van der Waals surface area contributed by atoms with Gasteiger partial charge in [0, 0.05) is 38.8 Å². The molecule has 2 saturated heterocycles. The van der Waals surface area contributed by atoms with Crippen LogP contribution in [-0.2, 0) is 20.7 Å². The maximum Gasteiger partial charge on any atom is 0.226 e. The van der Waals surface area contributed by atoms with Gasteiger partial charge in [-0.2, -0.15) is 0 Å². The highest BCUT2D eigenvalue weighted by Crippen LogP contribution is 2.35. The highest BCUT2D eigenvalue weighted by molar-refractivity contribution is 5.83. The molecule has 2 aromatic rings. The summed E-state index contributed by atoms with van der Waals surface area (Å²) in [6, 6.07) is 12.5. The Hall–Kier alpha value is -2.24. The topological polar surface area (TPSA) is 60.5 Å². The van der Waals surface area contributed by atoms with Gasteiger partial charge in [0.05, 0.1) is 11.5 Å². The first-order valence-corrected chi connectivity index (χ1v) is 10.2. The molecule has 0 saturated carbocycles. The van der Waals surface area contributed by atoms with Crippen molar-refractivity contribution < 1.29 is 14.3 Å². The number of carbonyl (C=O) groups excluding carboxylic acids is 1. The Morgan fingerprint density at radius 2 is 1.93 bits per heavy atom. The number of carbonyl (C=O) groups is 1. The number of ether oxygens (including phenoxy) is 2. The van der Waals surface area contributed by atoms with Gasteiger partial charge in [0.2, 0.25) is 5.91 Å². The highest BCUT2D eigenvalue weighted by atomic mass is 16.5. The lowest BCUT2D eigenvalue weighted by Crippen LogP contribution is -2.47. The van der Waals surface area contributed by atoms with Crippen LogP contribution in [0.5, 0.6) is 0 Å². The molecule has 1 aromatic heterocycles. The predicted molar refractivity (Wildman–Crippen MR) is 108 cm³/mol. The zero-order valence-electron chi connectivity index (χ0n) is 16.2. The quantitative estimate of drug-likeness (QED) is 0.835. The van der Waals surface area contributed by atoms with Gasteiger partial charge in [0.15, 0.2) is 0 Å². The molecule has 148 valence electrons. The Bertz CT molecular complexity index is 764. The van der Waals surface area contributed by atoms with E-state index >= 15 is 0 Å². The molecule has 0 radical (unpaired) electrons. The van der Waals surface area contributed by atoms with Gasteiger partial charge >= 0.3 is 0 Å². The molecule has 0 spiro atoms. The molecule has 0 aliphatic carbocycles. The van der Waals surface area contributed by atoms with Gasteiger partial charge in [-0.3, -0.25) is 9.78 Å². The van der Waals surface area contributed by atoms with Crippen molar-refractivity contribution in [1.29, 1.82) is 0 Å². The average molecular weight is 380 g/mol. The van der Waals surface area contributed by atoms with Gasteiger partial charge in [-0.15, -0.1) is 0 Å². The Morgan fingerprint density at radius 1 is 1.11 bits per heavy atom. The summed E-state index contributed by atoms with van der Waals surface area (Å²) in [5.41, 5.74) is 3.03. The molecule has 0 bridgehead atoms. The summed E-state index contributed by atoms with van der Waals surface area (Å²) in [7, 11) is 0. The molecule has 1 aromatic carbocycles. The van der Waals surface area contributed by atoms with Gasteiger partial charge in [0.1, 0.15) is 0 Å². The highest BCUT2D eigenvalue weighted by Gasteiger charge is 2.40. The fourth-order valence-corrected chi connectivity index (χ4v) is 4.18. The fraction of sp³-hybridized carbons (Fsp3) is 0.478. The second-order valence-electron chi connectivity index (χ2n) is 7.85. The molecule has 2 aliphatic heterocycles. The van der Waals surface area contributed by atoms with Crippen LogP contribution in [0.3, 0.4) is 0 Å². The number of nitrogens with one attached hydrogen (secondary N) is 1. The van der Waals surface area contributed by atoms with Crippen molar-refractivity contribution in [3.8, 4) is 11.1 Å². The normalized spacial score (nSPS) is 21.4. The van der Waals surface area contributed by atoms with Crippen LogP contribution in [0.1, 0.15) is 31.2 Å². The number of amides is 1. The number of rotatable bonds is 6. The summed E-state index contributed by atoms with van der Waals surface area (Å²) in [5.74, 6) is 0.141. The van der Waals surface area contributed by atoms with Gasteiger partial charge in [-0.25, -0.2) is 0 Å². The molecule has 1 N–H and O–H groups in total. The van der Waals surface area contributed by atoms with E-state index in [-0.39, 0.29) is 12.0 Å². The van der Waals surface area contributed by atoms with Crippen LogP contribution in [0.25, 0.3) is 11.1 Å². The summed E-state index contributed by atoms with van der Waals surface area (Å²) in [5, 5.41) is 3.16. The standard InChI is InChI=1S/C23H28N2O3/c26-22(25-17-21-4-2-12-28-21)23(9-13-27-14-10-23)15-18-5-7-19(8-6-18)20-3-1-11-24-16-20/h1,3,5-8,11,16,21H,2,4,9-10,12-15,17H2,(H,25,26)/t21-/m0/s1. The van der Waals surface area contributed by atoms with E-state index in [1.54, 1.807) is 6.20 Å². The largest absolute Gasteiger partial charge is 0.381 e. The molecule has 2 aliphatic rings. The van der Waals surface area contributed by atoms with Crippen LogP contribution in [0, 0.1) is 5.41 Å². The number of nitrogens with zero attached hydrogens (tertiary/aromatic N) is 1. The molecule has 3 heterocycles.